The van der Waals surface area contributed by atoms with Gasteiger partial charge in [0.05, 0.1) is 11.9 Å². The van der Waals surface area contributed by atoms with Crippen LogP contribution in [-0.2, 0) is 9.84 Å². The van der Waals surface area contributed by atoms with Gasteiger partial charge in [-0.05, 0) is 12.5 Å². The van der Waals surface area contributed by atoms with Crippen molar-refractivity contribution >= 4 is 9.84 Å². The van der Waals surface area contributed by atoms with Gasteiger partial charge in [0.1, 0.15) is 0 Å². The lowest BCUT2D eigenvalue weighted by Gasteiger charge is -2.10. The molecular weight excluding hydrogens is 212 g/mol. The fourth-order valence-electron chi connectivity index (χ4n) is 1.24. The zero-order valence-electron chi connectivity index (χ0n) is 8.97. The minimum absolute atomic E-state index is 0.0654. The van der Waals surface area contributed by atoms with Gasteiger partial charge in [0.15, 0.2) is 9.84 Å². The molecule has 4 heteroatoms. The number of aryl methyl sites for hydroxylation is 1. The van der Waals surface area contributed by atoms with Crippen LogP contribution in [0.15, 0.2) is 24.3 Å². The Morgan fingerprint density at radius 3 is 2.27 bits per heavy atom. The summed E-state index contributed by atoms with van der Waals surface area (Å²) in [7, 11) is -3.13. The highest BCUT2D eigenvalue weighted by molar-refractivity contribution is 7.91. The summed E-state index contributed by atoms with van der Waals surface area (Å²) in [5.74, 6) is -0.136. The van der Waals surface area contributed by atoms with E-state index in [1.807, 2.05) is 19.1 Å². The Morgan fingerprint density at radius 2 is 1.80 bits per heavy atom. The quantitative estimate of drug-likeness (QED) is 0.849. The van der Waals surface area contributed by atoms with E-state index >= 15 is 0 Å². The Labute approximate surface area is 90.7 Å². The Morgan fingerprint density at radius 1 is 1.27 bits per heavy atom. The molecule has 1 atom stereocenters. The molecule has 15 heavy (non-hydrogen) atoms. The molecule has 1 aromatic carbocycles. The van der Waals surface area contributed by atoms with Crippen molar-refractivity contribution in [2.45, 2.75) is 20.0 Å². The topological polar surface area (TPSA) is 54.4 Å². The van der Waals surface area contributed by atoms with Crippen LogP contribution in [-0.4, -0.2) is 25.0 Å². The van der Waals surface area contributed by atoms with E-state index in [0.717, 1.165) is 5.56 Å². The molecule has 84 valence electrons. The lowest BCUT2D eigenvalue weighted by Crippen LogP contribution is -2.16. The fourth-order valence-corrected chi connectivity index (χ4v) is 2.15. The maximum absolute atomic E-state index is 11.3. The first-order valence-electron chi connectivity index (χ1n) is 4.89. The highest BCUT2D eigenvalue weighted by Crippen LogP contribution is 2.15. The predicted molar refractivity (Wildman–Crippen MR) is 60.5 cm³/mol. The molecule has 1 rings (SSSR count). The van der Waals surface area contributed by atoms with Crippen LogP contribution in [0.4, 0.5) is 0 Å². The Hall–Kier alpha value is -0.870. The molecule has 0 unspecified atom stereocenters. The Kier molecular flexibility index (Phi) is 3.88. The first-order valence-corrected chi connectivity index (χ1v) is 6.72. The van der Waals surface area contributed by atoms with Crippen LogP contribution in [0.1, 0.15) is 24.2 Å². The summed E-state index contributed by atoms with van der Waals surface area (Å²) >= 11 is 0. The normalized spacial score (nSPS) is 13.8. The Balaban J connectivity index is 2.78. The van der Waals surface area contributed by atoms with Gasteiger partial charge in [-0.15, -0.1) is 0 Å². The SMILES string of the molecule is CCS(=O)(=O)C[C@@H](O)c1ccc(C)cc1. The minimum atomic E-state index is -3.13. The van der Waals surface area contributed by atoms with Gasteiger partial charge in [-0.3, -0.25) is 0 Å². The average Bonchev–Trinajstić information content (AvgIpc) is 2.18. The van der Waals surface area contributed by atoms with Crippen LogP contribution in [0.3, 0.4) is 0 Å². The smallest absolute Gasteiger partial charge is 0.152 e. The van der Waals surface area contributed by atoms with Crippen molar-refractivity contribution < 1.29 is 13.5 Å². The van der Waals surface area contributed by atoms with Crippen LogP contribution >= 0.6 is 0 Å². The number of sulfone groups is 1. The van der Waals surface area contributed by atoms with Gasteiger partial charge in [0.2, 0.25) is 0 Å². The zero-order chi connectivity index (χ0) is 11.5. The van der Waals surface area contributed by atoms with Gasteiger partial charge in [-0.2, -0.15) is 0 Å². The van der Waals surface area contributed by atoms with Crippen LogP contribution < -0.4 is 0 Å². The second kappa shape index (κ2) is 4.77. The van der Waals surface area contributed by atoms with E-state index in [4.69, 9.17) is 0 Å². The first-order chi connectivity index (χ1) is 6.94. The maximum Gasteiger partial charge on any atom is 0.152 e. The van der Waals surface area contributed by atoms with Crippen LogP contribution in [0.5, 0.6) is 0 Å². The maximum atomic E-state index is 11.3. The van der Waals surface area contributed by atoms with E-state index < -0.39 is 15.9 Å². The molecule has 1 N–H and O–H groups in total. The van der Waals surface area contributed by atoms with Crippen LogP contribution in [0.2, 0.25) is 0 Å². The van der Waals surface area contributed by atoms with Crippen LogP contribution in [0, 0.1) is 6.92 Å². The van der Waals surface area contributed by atoms with Gasteiger partial charge in [0.25, 0.3) is 0 Å². The van der Waals surface area contributed by atoms with Crippen molar-refractivity contribution in [3.8, 4) is 0 Å². The molecule has 0 saturated carbocycles. The molecule has 3 nitrogen and oxygen atoms in total. The molecule has 0 aliphatic carbocycles. The van der Waals surface area contributed by atoms with Gasteiger partial charge >= 0.3 is 0 Å². The monoisotopic (exact) mass is 228 g/mol. The highest BCUT2D eigenvalue weighted by atomic mass is 32.2. The van der Waals surface area contributed by atoms with E-state index in [2.05, 4.69) is 0 Å². The summed E-state index contributed by atoms with van der Waals surface area (Å²) < 4.78 is 22.6. The van der Waals surface area contributed by atoms with Gasteiger partial charge < -0.3 is 5.11 Å². The summed E-state index contributed by atoms with van der Waals surface area (Å²) in [6.45, 7) is 3.52. The third-order valence-corrected chi connectivity index (χ3v) is 4.02. The first kappa shape index (κ1) is 12.2. The molecule has 0 amide bonds. The summed E-state index contributed by atoms with van der Waals surface area (Å²) in [4.78, 5) is 0. The summed E-state index contributed by atoms with van der Waals surface area (Å²) in [5, 5.41) is 9.70. The number of benzene rings is 1. The molecule has 0 aromatic heterocycles. The number of hydrogen-bond donors (Lipinski definition) is 1. The zero-order valence-corrected chi connectivity index (χ0v) is 9.79. The van der Waals surface area contributed by atoms with Crippen molar-refractivity contribution in [1.82, 2.24) is 0 Å². The molecule has 0 spiro atoms. The van der Waals surface area contributed by atoms with E-state index in [1.54, 1.807) is 19.1 Å². The van der Waals surface area contributed by atoms with Crippen molar-refractivity contribution in [3.05, 3.63) is 35.4 Å². The molecule has 0 aliphatic heterocycles. The standard InChI is InChI=1S/C11H16O3S/c1-3-15(13,14)8-11(12)10-6-4-9(2)5-7-10/h4-7,11-12H,3,8H2,1-2H3/t11-/m1/s1. The van der Waals surface area contributed by atoms with E-state index in [1.165, 1.54) is 0 Å². The van der Waals surface area contributed by atoms with Gasteiger partial charge in [-0.1, -0.05) is 36.8 Å². The molecule has 0 aliphatic rings. The number of rotatable bonds is 4. The molecule has 0 fully saturated rings. The average molecular weight is 228 g/mol. The van der Waals surface area contributed by atoms with Crippen molar-refractivity contribution in [2.24, 2.45) is 0 Å². The summed E-state index contributed by atoms with van der Waals surface area (Å²) in [5.41, 5.74) is 1.74. The summed E-state index contributed by atoms with van der Waals surface area (Å²) in [6, 6.07) is 7.23. The van der Waals surface area contributed by atoms with Crippen molar-refractivity contribution in [2.75, 3.05) is 11.5 Å². The van der Waals surface area contributed by atoms with E-state index in [9.17, 15) is 13.5 Å². The molecule has 0 saturated heterocycles. The number of aliphatic hydroxyl groups is 1. The van der Waals surface area contributed by atoms with E-state index in [0.29, 0.717) is 5.56 Å². The molecular formula is C11H16O3S. The Bertz CT molecular complexity index is 406. The molecule has 0 bridgehead atoms. The minimum Gasteiger partial charge on any atom is -0.387 e. The predicted octanol–water partition coefficient (Wildman–Crippen LogP) is 1.46. The lowest BCUT2D eigenvalue weighted by molar-refractivity contribution is 0.201. The molecule has 1 aromatic rings. The van der Waals surface area contributed by atoms with Crippen LogP contribution in [0.25, 0.3) is 0 Å². The van der Waals surface area contributed by atoms with Gasteiger partial charge in [-0.25, -0.2) is 8.42 Å². The fraction of sp³-hybridized carbons (Fsp3) is 0.455. The van der Waals surface area contributed by atoms with Crippen molar-refractivity contribution in [3.63, 3.8) is 0 Å². The number of aliphatic hydroxyl groups excluding tert-OH is 1. The summed E-state index contributed by atoms with van der Waals surface area (Å²) in [6.07, 6.45) is -0.921. The number of hydrogen-bond acceptors (Lipinski definition) is 3. The van der Waals surface area contributed by atoms with Gasteiger partial charge in [0, 0.05) is 5.75 Å². The second-order valence-electron chi connectivity index (χ2n) is 3.63. The van der Waals surface area contributed by atoms with Crippen molar-refractivity contribution in [1.29, 1.82) is 0 Å². The third kappa shape index (κ3) is 3.64. The third-order valence-electron chi connectivity index (χ3n) is 2.31. The lowest BCUT2D eigenvalue weighted by atomic mass is 10.1. The van der Waals surface area contributed by atoms with E-state index in [-0.39, 0.29) is 11.5 Å². The second-order valence-corrected chi connectivity index (χ2v) is 6.02. The highest BCUT2D eigenvalue weighted by Gasteiger charge is 2.16. The molecule has 0 radical (unpaired) electrons. The molecule has 0 heterocycles. The largest absolute Gasteiger partial charge is 0.387 e.